The molecule has 8 nitrogen and oxygen atoms in total. The van der Waals surface area contributed by atoms with Crippen LogP contribution in [0.4, 0.5) is 0 Å². The van der Waals surface area contributed by atoms with E-state index < -0.39 is 17.2 Å². The number of hydrogen-bond acceptors (Lipinski definition) is 4. The zero-order valence-electron chi connectivity index (χ0n) is 11.6. The third-order valence-corrected chi connectivity index (χ3v) is 4.09. The van der Waals surface area contributed by atoms with E-state index in [0.29, 0.717) is 0 Å². The van der Waals surface area contributed by atoms with E-state index in [-0.39, 0.29) is 23.0 Å². The molecule has 1 saturated carbocycles. The second kappa shape index (κ2) is 4.87. The number of rotatable bonds is 2. The molecular weight excluding hydrogens is 276 g/mol. The predicted molar refractivity (Wildman–Crippen MR) is 74.7 cm³/mol. The van der Waals surface area contributed by atoms with Gasteiger partial charge in [-0.3, -0.25) is 14.3 Å². The molecule has 0 spiro atoms. The average molecular weight is 292 g/mol. The first-order chi connectivity index (χ1) is 10.0. The van der Waals surface area contributed by atoms with E-state index in [2.05, 4.69) is 9.97 Å². The first kappa shape index (κ1) is 13.6. The largest absolute Gasteiger partial charge is 0.475 e. The number of H-pyrrole nitrogens is 1. The van der Waals surface area contributed by atoms with E-state index in [9.17, 15) is 14.4 Å². The monoisotopic (exact) mass is 292 g/mol. The molecule has 0 aliphatic heterocycles. The minimum Gasteiger partial charge on any atom is -0.475 e. The maximum Gasteiger partial charge on any atom is 0.372 e. The highest BCUT2D eigenvalue weighted by atomic mass is 16.4. The quantitative estimate of drug-likeness (QED) is 0.843. The normalized spacial score (nSPS) is 16.4. The highest BCUT2D eigenvalue weighted by Gasteiger charge is 2.24. The fourth-order valence-corrected chi connectivity index (χ4v) is 3.09. The van der Waals surface area contributed by atoms with Crippen LogP contribution in [-0.4, -0.2) is 30.2 Å². The predicted octanol–water partition coefficient (Wildman–Crippen LogP) is 0.627. The molecular formula is C13H16N4O4. The number of hydrogen-bond donors (Lipinski definition) is 2. The second-order valence-corrected chi connectivity index (χ2v) is 5.39. The summed E-state index contributed by atoms with van der Waals surface area (Å²) in [6.45, 7) is 0. The van der Waals surface area contributed by atoms with Gasteiger partial charge in [0.05, 0.1) is 0 Å². The maximum absolute atomic E-state index is 12.2. The summed E-state index contributed by atoms with van der Waals surface area (Å²) >= 11 is 0. The number of aromatic nitrogens is 4. The van der Waals surface area contributed by atoms with Crippen LogP contribution in [0.15, 0.2) is 9.59 Å². The molecule has 0 bridgehead atoms. The molecule has 2 heterocycles. The molecule has 2 aromatic rings. The number of carboxylic acid groups (broad SMARTS) is 1. The molecule has 0 amide bonds. The molecule has 2 aromatic heterocycles. The summed E-state index contributed by atoms with van der Waals surface area (Å²) in [4.78, 5) is 41.6. The van der Waals surface area contributed by atoms with Crippen molar-refractivity contribution in [1.82, 2.24) is 19.1 Å². The van der Waals surface area contributed by atoms with Gasteiger partial charge in [0, 0.05) is 13.1 Å². The van der Waals surface area contributed by atoms with Crippen molar-refractivity contribution in [3.63, 3.8) is 0 Å². The van der Waals surface area contributed by atoms with Crippen LogP contribution < -0.4 is 11.2 Å². The molecule has 8 heteroatoms. The van der Waals surface area contributed by atoms with Crippen molar-refractivity contribution in [3.8, 4) is 0 Å². The fourth-order valence-electron chi connectivity index (χ4n) is 3.09. The van der Waals surface area contributed by atoms with Gasteiger partial charge >= 0.3 is 11.7 Å². The van der Waals surface area contributed by atoms with Crippen LogP contribution in [0.2, 0.25) is 0 Å². The molecule has 21 heavy (non-hydrogen) atoms. The lowest BCUT2D eigenvalue weighted by molar-refractivity contribution is 0.0680. The molecule has 2 N–H and O–H groups in total. The average Bonchev–Trinajstić information content (AvgIpc) is 2.78. The molecule has 0 unspecified atom stereocenters. The van der Waals surface area contributed by atoms with Crippen molar-refractivity contribution in [1.29, 1.82) is 0 Å². The number of carboxylic acids is 1. The van der Waals surface area contributed by atoms with Crippen LogP contribution in [0.25, 0.3) is 11.2 Å². The summed E-state index contributed by atoms with van der Waals surface area (Å²) < 4.78 is 2.66. The fraction of sp³-hybridized carbons (Fsp3) is 0.538. The highest BCUT2D eigenvalue weighted by Crippen LogP contribution is 2.28. The Hall–Kier alpha value is -2.38. The highest BCUT2D eigenvalue weighted by molar-refractivity contribution is 5.88. The van der Waals surface area contributed by atoms with E-state index in [1.54, 1.807) is 0 Å². The summed E-state index contributed by atoms with van der Waals surface area (Å²) in [5.41, 5.74) is -0.841. The van der Waals surface area contributed by atoms with Gasteiger partial charge in [-0.25, -0.2) is 14.6 Å². The van der Waals surface area contributed by atoms with Gasteiger partial charge in [0.1, 0.15) is 0 Å². The van der Waals surface area contributed by atoms with Crippen molar-refractivity contribution in [2.24, 2.45) is 7.05 Å². The maximum atomic E-state index is 12.2. The van der Waals surface area contributed by atoms with Crippen LogP contribution in [0.3, 0.4) is 0 Å². The van der Waals surface area contributed by atoms with Gasteiger partial charge in [-0.05, 0) is 12.8 Å². The summed E-state index contributed by atoms with van der Waals surface area (Å²) in [5.74, 6) is -1.47. The number of aromatic carboxylic acids is 1. The minimum absolute atomic E-state index is 0.0397. The minimum atomic E-state index is -1.23. The van der Waals surface area contributed by atoms with Crippen molar-refractivity contribution in [2.45, 2.75) is 38.1 Å². The van der Waals surface area contributed by atoms with E-state index in [1.807, 2.05) is 0 Å². The van der Waals surface area contributed by atoms with Gasteiger partial charge in [-0.1, -0.05) is 19.3 Å². The van der Waals surface area contributed by atoms with Crippen molar-refractivity contribution >= 4 is 17.1 Å². The van der Waals surface area contributed by atoms with E-state index >= 15 is 0 Å². The zero-order chi connectivity index (χ0) is 15.1. The Labute approximate surface area is 119 Å². The topological polar surface area (TPSA) is 110 Å². The number of aromatic amines is 1. The van der Waals surface area contributed by atoms with Gasteiger partial charge in [0.25, 0.3) is 5.56 Å². The van der Waals surface area contributed by atoms with E-state index in [4.69, 9.17) is 5.11 Å². The Bertz CT molecular complexity index is 823. The number of carbonyl (C=O) groups is 1. The van der Waals surface area contributed by atoms with Crippen LogP contribution in [0.5, 0.6) is 0 Å². The Balaban J connectivity index is 2.33. The zero-order valence-corrected chi connectivity index (χ0v) is 11.6. The van der Waals surface area contributed by atoms with E-state index in [0.717, 1.165) is 32.1 Å². The third-order valence-electron chi connectivity index (χ3n) is 4.09. The second-order valence-electron chi connectivity index (χ2n) is 5.39. The first-order valence-corrected chi connectivity index (χ1v) is 6.95. The van der Waals surface area contributed by atoms with Crippen molar-refractivity contribution < 1.29 is 9.90 Å². The van der Waals surface area contributed by atoms with Crippen LogP contribution in [0, 0.1) is 0 Å². The number of nitrogens with zero attached hydrogens (tertiary/aromatic N) is 3. The molecule has 0 saturated heterocycles. The molecule has 0 radical (unpaired) electrons. The molecule has 3 rings (SSSR count). The lowest BCUT2D eigenvalue weighted by Crippen LogP contribution is -2.34. The Morgan fingerprint density at radius 3 is 2.57 bits per heavy atom. The summed E-state index contributed by atoms with van der Waals surface area (Å²) in [6.07, 6.45) is 4.81. The number of nitrogens with one attached hydrogen (secondary N) is 1. The number of aryl methyl sites for hydroxylation is 1. The van der Waals surface area contributed by atoms with Gasteiger partial charge in [-0.15, -0.1) is 0 Å². The summed E-state index contributed by atoms with van der Waals surface area (Å²) in [7, 11) is 1.46. The first-order valence-electron chi connectivity index (χ1n) is 6.95. The van der Waals surface area contributed by atoms with Crippen LogP contribution in [0.1, 0.15) is 48.8 Å². The molecule has 112 valence electrons. The van der Waals surface area contributed by atoms with Crippen LogP contribution >= 0.6 is 0 Å². The van der Waals surface area contributed by atoms with Gasteiger partial charge in [0.15, 0.2) is 11.2 Å². The standard InChI is InChI=1S/C13H16N4O4/c1-16-8-9(14-10(16)12(19)20)17(13(21)15-11(8)18)7-5-3-2-4-6-7/h7H,2-6H2,1H3,(H,19,20)(H,15,18,21). The smallest absolute Gasteiger partial charge is 0.372 e. The summed E-state index contributed by atoms with van der Waals surface area (Å²) in [6, 6.07) is -0.0397. The SMILES string of the molecule is Cn1c(C(=O)O)nc2c1c(=O)[nH]c(=O)n2C1CCCCC1. The molecule has 0 aromatic carbocycles. The molecule has 1 aliphatic rings. The van der Waals surface area contributed by atoms with Gasteiger partial charge in [0.2, 0.25) is 5.82 Å². The van der Waals surface area contributed by atoms with E-state index in [1.165, 1.54) is 16.2 Å². The molecule has 1 fully saturated rings. The Kier molecular flexibility index (Phi) is 3.15. The third kappa shape index (κ3) is 2.07. The van der Waals surface area contributed by atoms with Gasteiger partial charge < -0.3 is 9.67 Å². The lowest BCUT2D eigenvalue weighted by atomic mass is 9.95. The Morgan fingerprint density at radius 1 is 1.29 bits per heavy atom. The van der Waals surface area contributed by atoms with Crippen molar-refractivity contribution in [3.05, 3.63) is 26.7 Å². The van der Waals surface area contributed by atoms with Gasteiger partial charge in [-0.2, -0.15) is 0 Å². The lowest BCUT2D eigenvalue weighted by Gasteiger charge is -2.23. The molecule has 0 atom stereocenters. The number of fused-ring (bicyclic) bond motifs is 1. The summed E-state index contributed by atoms with van der Waals surface area (Å²) in [5, 5.41) is 9.15. The van der Waals surface area contributed by atoms with Crippen LogP contribution in [-0.2, 0) is 7.05 Å². The Morgan fingerprint density at radius 2 is 1.95 bits per heavy atom. The number of imidazole rings is 1. The van der Waals surface area contributed by atoms with Crippen molar-refractivity contribution in [2.75, 3.05) is 0 Å². The molecule has 1 aliphatic carbocycles.